The van der Waals surface area contributed by atoms with Gasteiger partial charge in [0, 0.05) is 52.6 Å². The molecule has 1 amide bonds. The maximum Gasteiger partial charge on any atom is 0.219 e. The minimum Gasteiger partial charge on any atom is -0.493 e. The molecule has 144 valence electrons. The molecule has 26 heavy (non-hydrogen) atoms. The molecule has 3 rings (SSSR count). The smallest absolute Gasteiger partial charge is 0.219 e. The molecule has 0 atom stereocenters. The number of nitrogens with zero attached hydrogens (tertiary/aromatic N) is 3. The molecule has 6 nitrogen and oxygen atoms in total. The van der Waals surface area contributed by atoms with Gasteiger partial charge in [-0.15, -0.1) is 24.0 Å². The highest BCUT2D eigenvalue weighted by Crippen LogP contribution is 2.25. The van der Waals surface area contributed by atoms with Crippen molar-refractivity contribution in [3.05, 3.63) is 29.3 Å². The van der Waals surface area contributed by atoms with Crippen molar-refractivity contribution in [2.24, 2.45) is 4.99 Å². The van der Waals surface area contributed by atoms with Gasteiger partial charge in [-0.05, 0) is 30.5 Å². The van der Waals surface area contributed by atoms with E-state index in [4.69, 9.17) is 9.73 Å². The predicted octanol–water partition coefficient (Wildman–Crippen LogP) is 1.91. The standard InChI is InChI=1S/C19H28N4O2.HI/c1-3-20-19(23-11-9-22(10-12-23)15(2)24)21-8-6-16-4-5-18-17(14-16)7-13-25-18;/h4-5,14H,3,6-13H2,1-2H3,(H,20,21);1H. The first-order valence-corrected chi connectivity index (χ1v) is 9.20. The molecule has 2 aliphatic heterocycles. The number of guanidine groups is 1. The minimum absolute atomic E-state index is 0. The van der Waals surface area contributed by atoms with Gasteiger partial charge in [-0.3, -0.25) is 9.79 Å². The summed E-state index contributed by atoms with van der Waals surface area (Å²) < 4.78 is 5.56. The molecule has 1 aromatic carbocycles. The fourth-order valence-corrected chi connectivity index (χ4v) is 3.35. The van der Waals surface area contributed by atoms with Crippen molar-refractivity contribution < 1.29 is 9.53 Å². The first-order chi connectivity index (χ1) is 12.2. The summed E-state index contributed by atoms with van der Waals surface area (Å²) in [6.45, 7) is 9.33. The number of carbonyl (C=O) groups excluding carboxylic acids is 1. The second-order valence-electron chi connectivity index (χ2n) is 6.52. The Labute approximate surface area is 173 Å². The van der Waals surface area contributed by atoms with Crippen LogP contribution in [0.4, 0.5) is 0 Å². The van der Waals surface area contributed by atoms with Crippen LogP contribution in [0.5, 0.6) is 5.75 Å². The lowest BCUT2D eigenvalue weighted by Gasteiger charge is -2.36. The molecule has 1 aromatic rings. The van der Waals surface area contributed by atoms with Crippen LogP contribution in [-0.4, -0.2) is 67.5 Å². The third-order valence-electron chi connectivity index (χ3n) is 4.78. The van der Waals surface area contributed by atoms with Crippen molar-refractivity contribution in [3.8, 4) is 5.75 Å². The van der Waals surface area contributed by atoms with Crippen LogP contribution in [0.3, 0.4) is 0 Å². The molecular weight excluding hydrogens is 443 g/mol. The van der Waals surface area contributed by atoms with Gasteiger partial charge in [-0.2, -0.15) is 0 Å². The van der Waals surface area contributed by atoms with E-state index in [1.54, 1.807) is 6.92 Å². The summed E-state index contributed by atoms with van der Waals surface area (Å²) in [6, 6.07) is 6.46. The first kappa shape index (κ1) is 20.8. The number of halogens is 1. The Morgan fingerprint density at radius 3 is 2.65 bits per heavy atom. The lowest BCUT2D eigenvalue weighted by molar-refractivity contribution is -0.130. The fraction of sp³-hybridized carbons (Fsp3) is 0.579. The summed E-state index contributed by atoms with van der Waals surface area (Å²) in [4.78, 5) is 20.4. The van der Waals surface area contributed by atoms with E-state index in [9.17, 15) is 4.79 Å². The average molecular weight is 472 g/mol. The molecular formula is C19H29IN4O2. The van der Waals surface area contributed by atoms with E-state index in [0.717, 1.165) is 70.4 Å². The molecule has 1 N–H and O–H groups in total. The molecule has 0 radical (unpaired) electrons. The lowest BCUT2D eigenvalue weighted by atomic mass is 10.1. The zero-order chi connectivity index (χ0) is 17.6. The SMILES string of the molecule is CCNC(=NCCc1ccc2c(c1)CCO2)N1CCN(C(C)=O)CC1.I. The summed E-state index contributed by atoms with van der Waals surface area (Å²) in [5, 5.41) is 3.38. The number of piperazine rings is 1. The van der Waals surface area contributed by atoms with Gasteiger partial charge in [0.05, 0.1) is 6.61 Å². The van der Waals surface area contributed by atoms with Crippen molar-refractivity contribution in [3.63, 3.8) is 0 Å². The van der Waals surface area contributed by atoms with Crippen LogP contribution in [0.1, 0.15) is 25.0 Å². The summed E-state index contributed by atoms with van der Waals surface area (Å²) in [5.41, 5.74) is 2.62. The fourth-order valence-electron chi connectivity index (χ4n) is 3.35. The Kier molecular flexibility index (Phi) is 7.99. The summed E-state index contributed by atoms with van der Waals surface area (Å²) in [6.07, 6.45) is 1.94. The van der Waals surface area contributed by atoms with Gasteiger partial charge in [0.1, 0.15) is 5.75 Å². The van der Waals surface area contributed by atoms with Crippen molar-refractivity contribution >= 4 is 35.8 Å². The molecule has 0 saturated carbocycles. The highest BCUT2D eigenvalue weighted by molar-refractivity contribution is 14.0. The number of carbonyl (C=O) groups is 1. The Hall–Kier alpha value is -1.51. The van der Waals surface area contributed by atoms with Crippen LogP contribution in [0.25, 0.3) is 0 Å². The molecule has 0 bridgehead atoms. The van der Waals surface area contributed by atoms with Gasteiger partial charge in [0.15, 0.2) is 5.96 Å². The Morgan fingerprint density at radius 2 is 1.96 bits per heavy atom. The van der Waals surface area contributed by atoms with Crippen molar-refractivity contribution in [2.45, 2.75) is 26.7 Å². The van der Waals surface area contributed by atoms with Gasteiger partial charge in [0.25, 0.3) is 0 Å². The predicted molar refractivity (Wildman–Crippen MR) is 115 cm³/mol. The highest BCUT2D eigenvalue weighted by Gasteiger charge is 2.20. The number of aliphatic imine (C=N–C) groups is 1. The van der Waals surface area contributed by atoms with E-state index in [2.05, 4.69) is 35.3 Å². The van der Waals surface area contributed by atoms with E-state index >= 15 is 0 Å². The van der Waals surface area contributed by atoms with E-state index < -0.39 is 0 Å². The Balaban J connectivity index is 0.00000243. The Morgan fingerprint density at radius 1 is 1.23 bits per heavy atom. The van der Waals surface area contributed by atoms with E-state index in [-0.39, 0.29) is 29.9 Å². The molecule has 0 unspecified atom stereocenters. The second-order valence-corrected chi connectivity index (χ2v) is 6.52. The van der Waals surface area contributed by atoms with Gasteiger partial charge >= 0.3 is 0 Å². The van der Waals surface area contributed by atoms with Crippen LogP contribution in [0, 0.1) is 0 Å². The van der Waals surface area contributed by atoms with E-state index in [1.165, 1.54) is 11.1 Å². The lowest BCUT2D eigenvalue weighted by Crippen LogP contribution is -2.53. The number of fused-ring (bicyclic) bond motifs is 1. The minimum atomic E-state index is 0. The quantitative estimate of drug-likeness (QED) is 0.414. The van der Waals surface area contributed by atoms with E-state index in [1.807, 2.05) is 4.90 Å². The highest BCUT2D eigenvalue weighted by atomic mass is 127. The molecule has 2 aliphatic rings. The van der Waals surface area contributed by atoms with Crippen molar-refractivity contribution in [2.75, 3.05) is 45.9 Å². The average Bonchev–Trinajstić information content (AvgIpc) is 3.09. The monoisotopic (exact) mass is 472 g/mol. The molecule has 0 spiro atoms. The van der Waals surface area contributed by atoms with E-state index in [0.29, 0.717) is 0 Å². The molecule has 0 aliphatic carbocycles. The van der Waals surface area contributed by atoms with Crippen LogP contribution in [-0.2, 0) is 17.6 Å². The molecule has 0 aromatic heterocycles. The van der Waals surface area contributed by atoms with Crippen LogP contribution >= 0.6 is 24.0 Å². The van der Waals surface area contributed by atoms with Crippen LogP contribution < -0.4 is 10.1 Å². The third-order valence-corrected chi connectivity index (χ3v) is 4.78. The molecule has 7 heteroatoms. The van der Waals surface area contributed by atoms with Gasteiger partial charge in [0.2, 0.25) is 5.91 Å². The summed E-state index contributed by atoms with van der Waals surface area (Å²) in [5.74, 6) is 2.14. The maximum atomic E-state index is 11.5. The number of hydrogen-bond acceptors (Lipinski definition) is 3. The zero-order valence-corrected chi connectivity index (χ0v) is 18.0. The second kappa shape index (κ2) is 9.99. The summed E-state index contributed by atoms with van der Waals surface area (Å²) in [7, 11) is 0. The zero-order valence-electron chi connectivity index (χ0n) is 15.7. The molecule has 2 heterocycles. The number of rotatable bonds is 4. The van der Waals surface area contributed by atoms with Crippen LogP contribution in [0.15, 0.2) is 23.2 Å². The Bertz CT molecular complexity index is 642. The number of ether oxygens (including phenoxy) is 1. The largest absolute Gasteiger partial charge is 0.493 e. The molecule has 1 fully saturated rings. The normalized spacial score (nSPS) is 16.6. The first-order valence-electron chi connectivity index (χ1n) is 9.20. The van der Waals surface area contributed by atoms with Crippen LogP contribution in [0.2, 0.25) is 0 Å². The van der Waals surface area contributed by atoms with Crippen molar-refractivity contribution in [1.29, 1.82) is 0 Å². The maximum absolute atomic E-state index is 11.5. The van der Waals surface area contributed by atoms with Crippen molar-refractivity contribution in [1.82, 2.24) is 15.1 Å². The molecule has 1 saturated heterocycles. The number of nitrogens with one attached hydrogen (secondary N) is 1. The number of benzene rings is 1. The van der Waals surface area contributed by atoms with Gasteiger partial charge < -0.3 is 19.9 Å². The number of hydrogen-bond donors (Lipinski definition) is 1. The van der Waals surface area contributed by atoms with Gasteiger partial charge in [-0.1, -0.05) is 12.1 Å². The topological polar surface area (TPSA) is 57.2 Å². The third kappa shape index (κ3) is 5.25. The van der Waals surface area contributed by atoms with Gasteiger partial charge in [-0.25, -0.2) is 0 Å². The summed E-state index contributed by atoms with van der Waals surface area (Å²) >= 11 is 0. The number of amides is 1.